The number of aliphatic hydroxyl groups excluding tert-OH is 1. The summed E-state index contributed by atoms with van der Waals surface area (Å²) in [7, 11) is 0. The molecule has 1 unspecified atom stereocenters. The van der Waals surface area contributed by atoms with E-state index in [1.54, 1.807) is 0 Å². The SMILES string of the molecule is CCCNC(C)(CO)CCOCCC1CCC1. The third-order valence-electron chi connectivity index (χ3n) is 3.84. The molecule has 3 heteroatoms. The molecule has 0 aromatic heterocycles. The minimum Gasteiger partial charge on any atom is -0.394 e. The number of hydrogen-bond acceptors (Lipinski definition) is 3. The molecule has 0 bridgehead atoms. The second kappa shape index (κ2) is 8.06. The number of rotatable bonds is 10. The highest BCUT2D eigenvalue weighted by atomic mass is 16.5. The van der Waals surface area contributed by atoms with Crippen molar-refractivity contribution in [1.29, 1.82) is 0 Å². The molecule has 2 N–H and O–H groups in total. The van der Waals surface area contributed by atoms with E-state index in [1.807, 2.05) is 0 Å². The van der Waals surface area contributed by atoms with E-state index < -0.39 is 0 Å². The Labute approximate surface area is 106 Å². The molecule has 0 aromatic carbocycles. The van der Waals surface area contributed by atoms with Gasteiger partial charge in [0, 0.05) is 18.8 Å². The monoisotopic (exact) mass is 243 g/mol. The first-order valence-electron chi connectivity index (χ1n) is 7.14. The molecule has 1 aliphatic carbocycles. The molecule has 1 saturated carbocycles. The summed E-state index contributed by atoms with van der Waals surface area (Å²) in [5, 5.41) is 12.8. The Morgan fingerprint density at radius 3 is 2.65 bits per heavy atom. The summed E-state index contributed by atoms with van der Waals surface area (Å²) in [4.78, 5) is 0. The molecule has 0 saturated heterocycles. The zero-order valence-electron chi connectivity index (χ0n) is 11.5. The summed E-state index contributed by atoms with van der Waals surface area (Å²) in [6.45, 7) is 6.98. The minimum absolute atomic E-state index is 0.174. The van der Waals surface area contributed by atoms with Crippen molar-refractivity contribution in [3.8, 4) is 0 Å². The van der Waals surface area contributed by atoms with Gasteiger partial charge in [0.25, 0.3) is 0 Å². The van der Waals surface area contributed by atoms with E-state index in [1.165, 1.54) is 25.7 Å². The second-order valence-corrected chi connectivity index (χ2v) is 5.59. The van der Waals surface area contributed by atoms with Crippen LogP contribution < -0.4 is 5.32 Å². The molecule has 17 heavy (non-hydrogen) atoms. The van der Waals surface area contributed by atoms with E-state index >= 15 is 0 Å². The fourth-order valence-corrected chi connectivity index (χ4v) is 2.08. The third-order valence-corrected chi connectivity index (χ3v) is 3.84. The first kappa shape index (κ1) is 14.9. The van der Waals surface area contributed by atoms with Crippen LogP contribution in [0.25, 0.3) is 0 Å². The average molecular weight is 243 g/mol. The standard InChI is InChI=1S/C14H29NO2/c1-3-9-15-14(2,12-16)8-11-17-10-7-13-5-4-6-13/h13,15-16H,3-12H2,1-2H3. The fraction of sp³-hybridized carbons (Fsp3) is 1.00. The molecule has 1 atom stereocenters. The first-order chi connectivity index (χ1) is 8.20. The van der Waals surface area contributed by atoms with Crippen LogP contribution in [0.4, 0.5) is 0 Å². The molecule has 0 heterocycles. The minimum atomic E-state index is -0.174. The highest BCUT2D eigenvalue weighted by molar-refractivity contribution is 4.81. The van der Waals surface area contributed by atoms with Crippen LogP contribution in [0.3, 0.4) is 0 Å². The molecule has 0 amide bonds. The molecule has 102 valence electrons. The Bertz CT molecular complexity index is 195. The highest BCUT2D eigenvalue weighted by Crippen LogP contribution is 2.29. The van der Waals surface area contributed by atoms with Gasteiger partial charge in [0.2, 0.25) is 0 Å². The van der Waals surface area contributed by atoms with Crippen LogP contribution in [0.1, 0.15) is 52.4 Å². The van der Waals surface area contributed by atoms with Crippen LogP contribution in [0.15, 0.2) is 0 Å². The van der Waals surface area contributed by atoms with E-state index in [9.17, 15) is 5.11 Å². The Hall–Kier alpha value is -0.120. The van der Waals surface area contributed by atoms with E-state index in [4.69, 9.17) is 4.74 Å². The van der Waals surface area contributed by atoms with E-state index in [0.29, 0.717) is 0 Å². The number of aliphatic hydroxyl groups is 1. The molecule has 1 rings (SSSR count). The number of ether oxygens (including phenoxy) is 1. The van der Waals surface area contributed by atoms with Gasteiger partial charge in [-0.2, -0.15) is 0 Å². The molecule has 0 aliphatic heterocycles. The van der Waals surface area contributed by atoms with Gasteiger partial charge < -0.3 is 15.2 Å². The van der Waals surface area contributed by atoms with Gasteiger partial charge >= 0.3 is 0 Å². The topological polar surface area (TPSA) is 41.5 Å². The summed E-state index contributed by atoms with van der Waals surface area (Å²) in [5.74, 6) is 0.928. The van der Waals surface area contributed by atoms with E-state index in [2.05, 4.69) is 19.2 Å². The van der Waals surface area contributed by atoms with Crippen LogP contribution in [0.5, 0.6) is 0 Å². The van der Waals surface area contributed by atoms with Gasteiger partial charge in [-0.1, -0.05) is 26.2 Å². The maximum Gasteiger partial charge on any atom is 0.0611 e. The Morgan fingerprint density at radius 2 is 2.12 bits per heavy atom. The molecular weight excluding hydrogens is 214 g/mol. The van der Waals surface area contributed by atoms with Crippen molar-refractivity contribution in [3.05, 3.63) is 0 Å². The van der Waals surface area contributed by atoms with Crippen molar-refractivity contribution in [3.63, 3.8) is 0 Å². The third kappa shape index (κ3) is 5.84. The maximum atomic E-state index is 9.39. The van der Waals surface area contributed by atoms with Gasteiger partial charge in [0.1, 0.15) is 0 Å². The maximum absolute atomic E-state index is 9.39. The van der Waals surface area contributed by atoms with Crippen LogP contribution >= 0.6 is 0 Å². The smallest absolute Gasteiger partial charge is 0.0611 e. The Morgan fingerprint density at radius 1 is 1.35 bits per heavy atom. The summed E-state index contributed by atoms with van der Waals surface area (Å²) in [6.07, 6.45) is 7.41. The molecular formula is C14H29NO2. The van der Waals surface area contributed by atoms with Crippen LogP contribution in [0.2, 0.25) is 0 Å². The molecule has 1 fully saturated rings. The lowest BCUT2D eigenvalue weighted by Gasteiger charge is -2.29. The predicted octanol–water partition coefficient (Wildman–Crippen LogP) is 2.33. The lowest BCUT2D eigenvalue weighted by atomic mass is 9.83. The van der Waals surface area contributed by atoms with Gasteiger partial charge in [0.05, 0.1) is 6.61 Å². The van der Waals surface area contributed by atoms with E-state index in [0.717, 1.165) is 38.5 Å². The average Bonchev–Trinajstić information content (AvgIpc) is 2.28. The van der Waals surface area contributed by atoms with Crippen LogP contribution in [-0.2, 0) is 4.74 Å². The molecule has 0 spiro atoms. The zero-order valence-corrected chi connectivity index (χ0v) is 11.5. The van der Waals surface area contributed by atoms with Gasteiger partial charge in [0.15, 0.2) is 0 Å². The summed E-state index contributed by atoms with van der Waals surface area (Å²) in [5.41, 5.74) is -0.174. The largest absolute Gasteiger partial charge is 0.394 e. The Kier molecular flexibility index (Phi) is 7.09. The van der Waals surface area contributed by atoms with Crippen LogP contribution in [0, 0.1) is 5.92 Å². The predicted molar refractivity (Wildman–Crippen MR) is 71.2 cm³/mol. The normalized spacial score (nSPS) is 19.9. The Balaban J connectivity index is 2.01. The zero-order chi connectivity index (χ0) is 12.6. The lowest BCUT2D eigenvalue weighted by Crippen LogP contribution is -2.46. The highest BCUT2D eigenvalue weighted by Gasteiger charge is 2.22. The number of hydrogen-bond donors (Lipinski definition) is 2. The van der Waals surface area contributed by atoms with Gasteiger partial charge in [-0.15, -0.1) is 0 Å². The van der Waals surface area contributed by atoms with Gasteiger partial charge in [-0.25, -0.2) is 0 Å². The van der Waals surface area contributed by atoms with Crippen molar-refractivity contribution in [2.45, 2.75) is 57.9 Å². The summed E-state index contributed by atoms with van der Waals surface area (Å²) in [6, 6.07) is 0. The molecule has 3 nitrogen and oxygen atoms in total. The number of nitrogens with one attached hydrogen (secondary N) is 1. The van der Waals surface area contributed by atoms with Crippen molar-refractivity contribution in [2.75, 3.05) is 26.4 Å². The van der Waals surface area contributed by atoms with Gasteiger partial charge in [-0.3, -0.25) is 0 Å². The molecule has 0 radical (unpaired) electrons. The quantitative estimate of drug-likeness (QED) is 0.579. The van der Waals surface area contributed by atoms with Crippen LogP contribution in [-0.4, -0.2) is 37.0 Å². The second-order valence-electron chi connectivity index (χ2n) is 5.59. The summed E-state index contributed by atoms with van der Waals surface area (Å²) >= 11 is 0. The van der Waals surface area contributed by atoms with Crippen molar-refractivity contribution >= 4 is 0 Å². The molecule has 1 aliphatic rings. The molecule has 0 aromatic rings. The first-order valence-corrected chi connectivity index (χ1v) is 7.14. The fourth-order valence-electron chi connectivity index (χ4n) is 2.08. The van der Waals surface area contributed by atoms with Crippen molar-refractivity contribution < 1.29 is 9.84 Å². The van der Waals surface area contributed by atoms with Crippen molar-refractivity contribution in [1.82, 2.24) is 5.32 Å². The van der Waals surface area contributed by atoms with Gasteiger partial charge in [-0.05, 0) is 38.6 Å². The van der Waals surface area contributed by atoms with E-state index in [-0.39, 0.29) is 12.1 Å². The van der Waals surface area contributed by atoms with Crippen molar-refractivity contribution in [2.24, 2.45) is 5.92 Å². The summed E-state index contributed by atoms with van der Waals surface area (Å²) < 4.78 is 5.67. The lowest BCUT2D eigenvalue weighted by molar-refractivity contribution is 0.0730.